The first-order chi connectivity index (χ1) is 8.04. The fourth-order valence-corrected chi connectivity index (χ4v) is 1.85. The second-order valence-electron chi connectivity index (χ2n) is 3.76. The summed E-state index contributed by atoms with van der Waals surface area (Å²) in [4.78, 5) is 11.8. The van der Waals surface area contributed by atoms with E-state index in [2.05, 4.69) is 12.2 Å². The largest absolute Gasteiger partial charge is 0.508 e. The number of rotatable bonds is 5. The molecule has 1 atom stereocenters. The molecule has 1 rings (SSSR count). The Morgan fingerprint density at radius 1 is 1.59 bits per heavy atom. The Hall–Kier alpha value is -0.870. The summed E-state index contributed by atoms with van der Waals surface area (Å²) in [5.74, 6) is -0.212. The highest BCUT2D eigenvalue weighted by atomic mass is 35.5. The lowest BCUT2D eigenvalue weighted by molar-refractivity contribution is 0.0953. The summed E-state index contributed by atoms with van der Waals surface area (Å²) >= 11 is 7.64. The summed E-state index contributed by atoms with van der Waals surface area (Å²) in [5, 5.41) is 12.9. The van der Waals surface area contributed by atoms with Crippen molar-refractivity contribution in [2.24, 2.45) is 0 Å². The molecule has 0 radical (unpaired) electrons. The molecule has 0 heterocycles. The van der Waals surface area contributed by atoms with Gasteiger partial charge in [0.1, 0.15) is 5.75 Å². The normalized spacial score (nSPS) is 12.2. The molecule has 0 spiro atoms. The number of amides is 1. The Morgan fingerprint density at radius 3 is 2.94 bits per heavy atom. The Balaban J connectivity index is 2.55. The van der Waals surface area contributed by atoms with Gasteiger partial charge in [-0.3, -0.25) is 4.79 Å². The van der Waals surface area contributed by atoms with Gasteiger partial charge in [0.2, 0.25) is 0 Å². The first kappa shape index (κ1) is 14.2. The van der Waals surface area contributed by atoms with Crippen molar-refractivity contribution in [3.63, 3.8) is 0 Å². The van der Waals surface area contributed by atoms with Gasteiger partial charge in [0.25, 0.3) is 5.91 Å². The van der Waals surface area contributed by atoms with E-state index in [1.807, 2.05) is 6.26 Å². The van der Waals surface area contributed by atoms with Crippen LogP contribution in [0, 0.1) is 0 Å². The Labute approximate surface area is 111 Å². The van der Waals surface area contributed by atoms with Crippen LogP contribution in [0.25, 0.3) is 0 Å². The van der Waals surface area contributed by atoms with Crippen LogP contribution in [-0.4, -0.2) is 29.1 Å². The zero-order valence-corrected chi connectivity index (χ0v) is 11.4. The summed E-state index contributed by atoms with van der Waals surface area (Å²) in [5.41, 5.74) is 0.309. The van der Waals surface area contributed by atoms with Crippen molar-refractivity contribution in [1.29, 1.82) is 0 Å². The molecule has 0 aromatic heterocycles. The quantitative estimate of drug-likeness (QED) is 0.867. The van der Waals surface area contributed by atoms with Gasteiger partial charge in [-0.05, 0) is 30.9 Å². The average molecular weight is 274 g/mol. The first-order valence-corrected chi connectivity index (χ1v) is 7.00. The lowest BCUT2D eigenvalue weighted by atomic mass is 10.2. The fraction of sp³-hybridized carbons (Fsp3) is 0.417. The molecule has 3 nitrogen and oxygen atoms in total. The van der Waals surface area contributed by atoms with Crippen molar-refractivity contribution in [2.45, 2.75) is 18.6 Å². The summed E-state index contributed by atoms with van der Waals surface area (Å²) in [6, 6.07) is 4.33. The summed E-state index contributed by atoms with van der Waals surface area (Å²) in [6.45, 7) is 2.71. The highest BCUT2D eigenvalue weighted by Gasteiger charge is 2.11. The number of phenols is 1. The number of thioether (sulfide) groups is 1. The molecule has 1 unspecified atom stereocenters. The van der Waals surface area contributed by atoms with Crippen LogP contribution in [0.4, 0.5) is 0 Å². The topological polar surface area (TPSA) is 49.3 Å². The van der Waals surface area contributed by atoms with Gasteiger partial charge >= 0.3 is 0 Å². The summed E-state index contributed by atoms with van der Waals surface area (Å²) in [7, 11) is 0. The van der Waals surface area contributed by atoms with Crippen LogP contribution in [0.15, 0.2) is 18.2 Å². The van der Waals surface area contributed by atoms with E-state index in [9.17, 15) is 9.90 Å². The van der Waals surface area contributed by atoms with Crippen LogP contribution in [0.5, 0.6) is 5.75 Å². The fourth-order valence-electron chi connectivity index (χ4n) is 1.29. The van der Waals surface area contributed by atoms with Crippen molar-refractivity contribution in [2.75, 3.05) is 12.8 Å². The van der Waals surface area contributed by atoms with E-state index in [1.165, 1.54) is 18.2 Å². The Morgan fingerprint density at radius 2 is 2.29 bits per heavy atom. The molecule has 1 amide bonds. The minimum atomic E-state index is -0.251. The molecule has 0 saturated carbocycles. The Bertz CT molecular complexity index is 398. The summed E-state index contributed by atoms with van der Waals surface area (Å²) < 4.78 is 0. The number of aromatic hydroxyl groups is 1. The van der Waals surface area contributed by atoms with Crippen molar-refractivity contribution in [3.05, 3.63) is 28.8 Å². The number of hydrogen-bond acceptors (Lipinski definition) is 3. The molecule has 2 N–H and O–H groups in total. The minimum Gasteiger partial charge on any atom is -0.508 e. The molecular weight excluding hydrogens is 258 g/mol. The number of nitrogens with one attached hydrogen (secondary N) is 1. The van der Waals surface area contributed by atoms with Crippen LogP contribution in [0.2, 0.25) is 5.02 Å². The van der Waals surface area contributed by atoms with Crippen LogP contribution >= 0.6 is 23.4 Å². The van der Waals surface area contributed by atoms with Crippen molar-refractivity contribution < 1.29 is 9.90 Å². The van der Waals surface area contributed by atoms with Crippen LogP contribution < -0.4 is 5.32 Å². The highest BCUT2D eigenvalue weighted by Crippen LogP contribution is 2.21. The van der Waals surface area contributed by atoms with E-state index in [4.69, 9.17) is 11.6 Å². The lowest BCUT2D eigenvalue weighted by Gasteiger charge is -2.10. The number of benzene rings is 1. The lowest BCUT2D eigenvalue weighted by Crippen LogP contribution is -2.26. The van der Waals surface area contributed by atoms with Gasteiger partial charge in [0, 0.05) is 11.8 Å². The molecule has 0 aliphatic rings. The number of halogens is 1. The average Bonchev–Trinajstić information content (AvgIpc) is 2.31. The van der Waals surface area contributed by atoms with Gasteiger partial charge in [-0.2, -0.15) is 11.8 Å². The molecule has 94 valence electrons. The Kier molecular flexibility index (Phi) is 5.65. The number of carbonyl (C=O) groups is 1. The molecule has 17 heavy (non-hydrogen) atoms. The van der Waals surface area contributed by atoms with E-state index in [0.717, 1.165) is 6.42 Å². The minimum absolute atomic E-state index is 0.0389. The number of phenolic OH excluding ortho intramolecular Hbond substituents is 1. The van der Waals surface area contributed by atoms with Crippen molar-refractivity contribution in [1.82, 2.24) is 5.32 Å². The monoisotopic (exact) mass is 273 g/mol. The van der Waals surface area contributed by atoms with Gasteiger partial charge in [-0.1, -0.05) is 18.5 Å². The predicted molar refractivity (Wildman–Crippen MR) is 73.0 cm³/mol. The molecule has 0 fully saturated rings. The van der Waals surface area contributed by atoms with Crippen molar-refractivity contribution in [3.8, 4) is 5.75 Å². The molecule has 5 heteroatoms. The third kappa shape index (κ3) is 4.48. The molecule has 0 bridgehead atoms. The smallest absolute Gasteiger partial charge is 0.252 e. The maximum absolute atomic E-state index is 11.8. The van der Waals surface area contributed by atoms with Gasteiger partial charge in [-0.25, -0.2) is 0 Å². The highest BCUT2D eigenvalue weighted by molar-refractivity contribution is 7.99. The standard InChI is InChI=1S/C12H16ClNO2S/c1-8(17-2)5-6-14-12(16)10-7-9(15)3-4-11(10)13/h3-4,7-8,15H,5-6H2,1-2H3,(H,14,16). The number of carbonyl (C=O) groups excluding carboxylic acids is 1. The molecule has 0 aliphatic carbocycles. The van der Waals surface area contributed by atoms with Gasteiger partial charge < -0.3 is 10.4 Å². The molecule has 1 aromatic carbocycles. The maximum atomic E-state index is 11.8. The molecule has 1 aromatic rings. The van der Waals surface area contributed by atoms with Gasteiger partial charge in [-0.15, -0.1) is 0 Å². The van der Waals surface area contributed by atoms with E-state index in [0.29, 0.717) is 22.4 Å². The van der Waals surface area contributed by atoms with E-state index in [1.54, 1.807) is 11.8 Å². The van der Waals surface area contributed by atoms with E-state index in [-0.39, 0.29) is 11.7 Å². The third-order valence-electron chi connectivity index (χ3n) is 2.43. The molecular formula is C12H16ClNO2S. The second kappa shape index (κ2) is 6.77. The van der Waals surface area contributed by atoms with Gasteiger partial charge in [0.05, 0.1) is 10.6 Å². The van der Waals surface area contributed by atoms with Gasteiger partial charge in [0.15, 0.2) is 0 Å². The third-order valence-corrected chi connectivity index (χ3v) is 3.80. The summed E-state index contributed by atoms with van der Waals surface area (Å²) in [6.07, 6.45) is 2.95. The zero-order chi connectivity index (χ0) is 12.8. The van der Waals surface area contributed by atoms with E-state index < -0.39 is 0 Å². The van der Waals surface area contributed by atoms with Crippen LogP contribution in [0.1, 0.15) is 23.7 Å². The molecule has 0 saturated heterocycles. The molecule has 0 aliphatic heterocycles. The zero-order valence-electron chi connectivity index (χ0n) is 9.87. The SMILES string of the molecule is CSC(C)CCNC(=O)c1cc(O)ccc1Cl. The van der Waals surface area contributed by atoms with Crippen molar-refractivity contribution >= 4 is 29.3 Å². The second-order valence-corrected chi connectivity index (χ2v) is 5.44. The predicted octanol–water partition coefficient (Wildman–Crippen LogP) is 2.92. The van der Waals surface area contributed by atoms with Crippen LogP contribution in [0.3, 0.4) is 0 Å². The first-order valence-electron chi connectivity index (χ1n) is 5.34. The van der Waals surface area contributed by atoms with Crippen LogP contribution in [-0.2, 0) is 0 Å². The van der Waals surface area contributed by atoms with E-state index >= 15 is 0 Å². The number of hydrogen-bond donors (Lipinski definition) is 2. The maximum Gasteiger partial charge on any atom is 0.252 e.